The molecule has 1 atom stereocenters. The number of nitrogens with one attached hydrogen (secondary N) is 3. The summed E-state index contributed by atoms with van der Waals surface area (Å²) in [5, 5.41) is 8.48. The van der Waals surface area contributed by atoms with Gasteiger partial charge in [0.15, 0.2) is 0 Å². The molecular formula is C16H32N4O2. The summed E-state index contributed by atoms with van der Waals surface area (Å²) in [5.74, 6) is 0.518. The third-order valence-electron chi connectivity index (χ3n) is 4.07. The van der Waals surface area contributed by atoms with Crippen LogP contribution in [0.3, 0.4) is 0 Å². The van der Waals surface area contributed by atoms with E-state index in [1.807, 2.05) is 13.8 Å². The first-order chi connectivity index (χ1) is 10.4. The average Bonchev–Trinajstić information content (AvgIpc) is 2.49. The number of amides is 3. The summed E-state index contributed by atoms with van der Waals surface area (Å²) >= 11 is 0. The lowest BCUT2D eigenvalue weighted by Gasteiger charge is -2.35. The van der Waals surface area contributed by atoms with Crippen LogP contribution in [0.1, 0.15) is 40.5 Å². The summed E-state index contributed by atoms with van der Waals surface area (Å²) in [6, 6.07) is 0.418. The molecule has 3 amide bonds. The second-order valence-electron chi connectivity index (χ2n) is 6.68. The van der Waals surface area contributed by atoms with E-state index in [-0.39, 0.29) is 17.9 Å². The Bertz CT molecular complexity index is 358. The number of carbonyl (C=O) groups is 2. The molecule has 0 bridgehead atoms. The van der Waals surface area contributed by atoms with Crippen molar-refractivity contribution in [3.8, 4) is 0 Å². The summed E-state index contributed by atoms with van der Waals surface area (Å²) in [4.78, 5) is 25.6. The number of urea groups is 1. The smallest absolute Gasteiger partial charge is 0.314 e. The number of hydrogen-bond donors (Lipinski definition) is 3. The zero-order valence-corrected chi connectivity index (χ0v) is 14.4. The van der Waals surface area contributed by atoms with Crippen molar-refractivity contribution >= 4 is 11.9 Å². The lowest BCUT2D eigenvalue weighted by Crippen LogP contribution is -2.46. The van der Waals surface area contributed by atoms with Crippen molar-refractivity contribution in [1.29, 1.82) is 0 Å². The molecule has 0 aliphatic carbocycles. The van der Waals surface area contributed by atoms with Gasteiger partial charge in [-0.3, -0.25) is 4.79 Å². The van der Waals surface area contributed by atoms with E-state index in [1.165, 1.54) is 12.8 Å². The monoisotopic (exact) mass is 312 g/mol. The Labute approximate surface area is 134 Å². The molecule has 1 fully saturated rings. The fraction of sp³-hybridized carbons (Fsp3) is 0.875. The van der Waals surface area contributed by atoms with E-state index in [1.54, 1.807) is 0 Å². The highest BCUT2D eigenvalue weighted by Gasteiger charge is 2.21. The van der Waals surface area contributed by atoms with Crippen LogP contribution in [0.4, 0.5) is 4.79 Å². The van der Waals surface area contributed by atoms with Crippen LogP contribution in [0.25, 0.3) is 0 Å². The molecule has 0 aromatic rings. The summed E-state index contributed by atoms with van der Waals surface area (Å²) in [6.07, 6.45) is 2.38. The van der Waals surface area contributed by atoms with Crippen molar-refractivity contribution in [3.63, 3.8) is 0 Å². The molecule has 128 valence electrons. The molecule has 1 aliphatic rings. The zero-order chi connectivity index (χ0) is 16.5. The lowest BCUT2D eigenvalue weighted by atomic mass is 9.97. The van der Waals surface area contributed by atoms with E-state index >= 15 is 0 Å². The predicted octanol–water partition coefficient (Wildman–Crippen LogP) is 1.18. The minimum absolute atomic E-state index is 0.0122. The number of piperidine rings is 1. The van der Waals surface area contributed by atoms with Crippen LogP contribution in [0.5, 0.6) is 0 Å². The molecule has 1 aliphatic heterocycles. The minimum atomic E-state index is -0.152. The van der Waals surface area contributed by atoms with E-state index in [4.69, 9.17) is 0 Å². The second kappa shape index (κ2) is 9.66. The van der Waals surface area contributed by atoms with Crippen LogP contribution in [0.2, 0.25) is 0 Å². The molecule has 0 aromatic heterocycles. The van der Waals surface area contributed by atoms with Gasteiger partial charge >= 0.3 is 6.03 Å². The standard InChI is InChI=1S/C16H32N4O2/c1-12(2)15(21)17-7-8-18-16(22)19-10-14-6-5-9-20(11-14)13(3)4/h12-14H,5-11H2,1-4H3,(H,17,21)(H2,18,19,22). The maximum absolute atomic E-state index is 11.7. The van der Waals surface area contributed by atoms with E-state index in [0.717, 1.165) is 13.1 Å². The van der Waals surface area contributed by atoms with E-state index < -0.39 is 0 Å². The second-order valence-corrected chi connectivity index (χ2v) is 6.68. The molecule has 1 heterocycles. The van der Waals surface area contributed by atoms with Gasteiger partial charge in [-0.15, -0.1) is 0 Å². The van der Waals surface area contributed by atoms with Crippen LogP contribution in [-0.2, 0) is 4.79 Å². The number of carbonyl (C=O) groups excluding carboxylic acids is 2. The van der Waals surface area contributed by atoms with Crippen molar-refractivity contribution in [2.45, 2.75) is 46.6 Å². The number of nitrogens with zero attached hydrogens (tertiary/aromatic N) is 1. The van der Waals surface area contributed by atoms with Gasteiger partial charge in [0.25, 0.3) is 0 Å². The Morgan fingerprint density at radius 3 is 2.41 bits per heavy atom. The first-order valence-electron chi connectivity index (χ1n) is 8.43. The van der Waals surface area contributed by atoms with Gasteiger partial charge in [-0.2, -0.15) is 0 Å². The van der Waals surface area contributed by atoms with E-state index in [9.17, 15) is 9.59 Å². The van der Waals surface area contributed by atoms with E-state index in [2.05, 4.69) is 34.7 Å². The van der Waals surface area contributed by atoms with Gasteiger partial charge in [-0.05, 0) is 39.2 Å². The van der Waals surface area contributed by atoms with Gasteiger partial charge < -0.3 is 20.9 Å². The van der Waals surface area contributed by atoms with Crippen molar-refractivity contribution in [3.05, 3.63) is 0 Å². The van der Waals surface area contributed by atoms with Crippen LogP contribution < -0.4 is 16.0 Å². The molecule has 6 heteroatoms. The molecule has 0 radical (unpaired) electrons. The highest BCUT2D eigenvalue weighted by Crippen LogP contribution is 2.17. The van der Waals surface area contributed by atoms with Crippen molar-refractivity contribution in [2.75, 3.05) is 32.7 Å². The highest BCUT2D eigenvalue weighted by molar-refractivity contribution is 5.78. The minimum Gasteiger partial charge on any atom is -0.354 e. The summed E-state index contributed by atoms with van der Waals surface area (Å²) < 4.78 is 0. The van der Waals surface area contributed by atoms with Gasteiger partial charge in [0.2, 0.25) is 5.91 Å². The van der Waals surface area contributed by atoms with Crippen molar-refractivity contribution < 1.29 is 9.59 Å². The summed E-state index contributed by atoms with van der Waals surface area (Å²) in [6.45, 7) is 12.0. The number of hydrogen-bond acceptors (Lipinski definition) is 3. The lowest BCUT2D eigenvalue weighted by molar-refractivity contribution is -0.123. The third kappa shape index (κ3) is 7.11. The molecule has 0 aromatic carbocycles. The Kier molecular flexibility index (Phi) is 8.24. The van der Waals surface area contributed by atoms with Crippen molar-refractivity contribution in [2.24, 2.45) is 11.8 Å². The molecule has 1 unspecified atom stereocenters. The summed E-state index contributed by atoms with van der Waals surface area (Å²) in [5.41, 5.74) is 0. The highest BCUT2D eigenvalue weighted by atomic mass is 16.2. The maximum atomic E-state index is 11.7. The number of rotatable bonds is 7. The molecule has 0 saturated carbocycles. The largest absolute Gasteiger partial charge is 0.354 e. The molecule has 0 spiro atoms. The van der Waals surface area contributed by atoms with Crippen LogP contribution >= 0.6 is 0 Å². The Morgan fingerprint density at radius 2 is 1.77 bits per heavy atom. The zero-order valence-electron chi connectivity index (χ0n) is 14.4. The first kappa shape index (κ1) is 18.7. The quantitative estimate of drug-likeness (QED) is 0.618. The molecule has 1 saturated heterocycles. The van der Waals surface area contributed by atoms with E-state index in [0.29, 0.717) is 31.6 Å². The third-order valence-corrected chi connectivity index (χ3v) is 4.07. The maximum Gasteiger partial charge on any atom is 0.314 e. The Hall–Kier alpha value is -1.30. The Morgan fingerprint density at radius 1 is 1.09 bits per heavy atom. The Balaban J connectivity index is 2.11. The van der Waals surface area contributed by atoms with Crippen molar-refractivity contribution in [1.82, 2.24) is 20.9 Å². The fourth-order valence-electron chi connectivity index (χ4n) is 2.60. The molecule has 22 heavy (non-hydrogen) atoms. The predicted molar refractivity (Wildman–Crippen MR) is 88.7 cm³/mol. The molecule has 1 rings (SSSR count). The average molecular weight is 312 g/mol. The van der Waals surface area contributed by atoms with Crippen LogP contribution in [0, 0.1) is 11.8 Å². The normalized spacial score (nSPS) is 19.3. The fourth-order valence-corrected chi connectivity index (χ4v) is 2.60. The topological polar surface area (TPSA) is 73.5 Å². The molecule has 3 N–H and O–H groups in total. The van der Waals surface area contributed by atoms with Gasteiger partial charge in [0.1, 0.15) is 0 Å². The number of likely N-dealkylation sites (tertiary alicyclic amines) is 1. The van der Waals surface area contributed by atoms with Gasteiger partial charge in [0.05, 0.1) is 0 Å². The van der Waals surface area contributed by atoms with Crippen LogP contribution in [-0.4, -0.2) is 55.6 Å². The van der Waals surface area contributed by atoms with Crippen LogP contribution in [0.15, 0.2) is 0 Å². The van der Waals surface area contributed by atoms with Gasteiger partial charge in [-0.25, -0.2) is 4.79 Å². The molecular weight excluding hydrogens is 280 g/mol. The van der Waals surface area contributed by atoms with Gasteiger partial charge in [0, 0.05) is 38.1 Å². The first-order valence-corrected chi connectivity index (χ1v) is 8.43. The van der Waals surface area contributed by atoms with Gasteiger partial charge in [-0.1, -0.05) is 13.8 Å². The molecule has 6 nitrogen and oxygen atoms in total. The summed E-state index contributed by atoms with van der Waals surface area (Å²) in [7, 11) is 0. The SMILES string of the molecule is CC(C)C(=O)NCCNC(=O)NCC1CCCN(C(C)C)C1.